The smallest absolute Gasteiger partial charge is 0.222 e. The van der Waals surface area contributed by atoms with E-state index in [9.17, 15) is 4.79 Å². The Bertz CT molecular complexity index is 600. The van der Waals surface area contributed by atoms with E-state index in [-0.39, 0.29) is 5.91 Å². The van der Waals surface area contributed by atoms with Gasteiger partial charge in [-0.15, -0.1) is 0 Å². The minimum absolute atomic E-state index is 0.227. The molecule has 3 rings (SSSR count). The zero-order valence-corrected chi connectivity index (χ0v) is 13.1. The van der Waals surface area contributed by atoms with E-state index < -0.39 is 0 Å². The van der Waals surface area contributed by atoms with Crippen LogP contribution in [0.25, 0.3) is 0 Å². The Morgan fingerprint density at radius 1 is 1.35 bits per heavy atom. The third-order valence-corrected chi connectivity index (χ3v) is 4.15. The van der Waals surface area contributed by atoms with Gasteiger partial charge in [-0.1, -0.05) is 0 Å². The summed E-state index contributed by atoms with van der Waals surface area (Å²) in [6, 6.07) is 3.78. The van der Waals surface area contributed by atoms with Crippen LogP contribution in [0.2, 0.25) is 0 Å². The van der Waals surface area contributed by atoms with Crippen LogP contribution in [0.15, 0.2) is 30.7 Å². The van der Waals surface area contributed by atoms with Crippen LogP contribution in [0.1, 0.15) is 37.3 Å². The summed E-state index contributed by atoms with van der Waals surface area (Å²) >= 11 is 0. The van der Waals surface area contributed by atoms with Crippen molar-refractivity contribution in [2.24, 2.45) is 0 Å². The molecule has 122 valence electrons. The molecule has 0 radical (unpaired) electrons. The lowest BCUT2D eigenvalue weighted by Crippen LogP contribution is -2.39. The maximum atomic E-state index is 12.4. The van der Waals surface area contributed by atoms with Gasteiger partial charge in [0.2, 0.25) is 11.9 Å². The minimum atomic E-state index is 0.227. The van der Waals surface area contributed by atoms with Crippen molar-refractivity contribution < 1.29 is 4.79 Å². The van der Waals surface area contributed by atoms with Crippen molar-refractivity contribution in [3.63, 3.8) is 0 Å². The van der Waals surface area contributed by atoms with Gasteiger partial charge in [0, 0.05) is 56.3 Å². The number of likely N-dealkylation sites (tertiary alicyclic amines) is 1. The second-order valence-corrected chi connectivity index (χ2v) is 5.79. The number of aromatic amines is 1. The molecule has 1 unspecified atom stereocenters. The first-order valence-corrected chi connectivity index (χ1v) is 8.11. The second-order valence-electron chi connectivity index (χ2n) is 5.79. The summed E-state index contributed by atoms with van der Waals surface area (Å²) in [5.41, 5.74) is 1.13. The second kappa shape index (κ2) is 7.71. The first-order valence-electron chi connectivity index (χ1n) is 8.11. The van der Waals surface area contributed by atoms with E-state index in [0.717, 1.165) is 38.0 Å². The molecule has 1 aliphatic heterocycles. The van der Waals surface area contributed by atoms with Gasteiger partial charge in [0.15, 0.2) is 0 Å². The van der Waals surface area contributed by atoms with Gasteiger partial charge in [-0.25, -0.2) is 9.97 Å². The molecule has 1 saturated heterocycles. The van der Waals surface area contributed by atoms with Gasteiger partial charge in [-0.3, -0.25) is 9.89 Å². The summed E-state index contributed by atoms with van der Waals surface area (Å²) in [5.74, 6) is 1.22. The van der Waals surface area contributed by atoms with E-state index in [1.54, 1.807) is 24.7 Å². The molecule has 7 heteroatoms. The SMILES string of the molecule is O=C(CCCNc1ncccn1)N1CCCC(c2ccn[nH]2)C1. The number of anilines is 1. The van der Waals surface area contributed by atoms with Crippen molar-refractivity contribution in [3.05, 3.63) is 36.4 Å². The highest BCUT2D eigenvalue weighted by Crippen LogP contribution is 2.25. The molecule has 2 aromatic heterocycles. The van der Waals surface area contributed by atoms with Crippen molar-refractivity contribution >= 4 is 11.9 Å². The quantitative estimate of drug-likeness (QED) is 0.794. The van der Waals surface area contributed by atoms with Crippen LogP contribution in [0.3, 0.4) is 0 Å². The summed E-state index contributed by atoms with van der Waals surface area (Å²) in [7, 11) is 0. The van der Waals surface area contributed by atoms with Gasteiger partial charge in [-0.2, -0.15) is 5.10 Å². The molecule has 0 spiro atoms. The van der Waals surface area contributed by atoms with Crippen molar-refractivity contribution in [2.45, 2.75) is 31.6 Å². The number of hydrogen-bond acceptors (Lipinski definition) is 5. The van der Waals surface area contributed by atoms with Crippen LogP contribution in [-0.4, -0.2) is 50.6 Å². The predicted molar refractivity (Wildman–Crippen MR) is 86.9 cm³/mol. The molecular formula is C16H22N6O. The number of carbonyl (C=O) groups excluding carboxylic acids is 1. The molecule has 0 aliphatic carbocycles. The Labute approximate surface area is 135 Å². The number of nitrogens with zero attached hydrogens (tertiary/aromatic N) is 4. The first kappa shape index (κ1) is 15.5. The van der Waals surface area contributed by atoms with Gasteiger partial charge in [0.05, 0.1) is 0 Å². The topological polar surface area (TPSA) is 86.8 Å². The van der Waals surface area contributed by atoms with Gasteiger partial charge in [0.1, 0.15) is 0 Å². The Balaban J connectivity index is 1.41. The van der Waals surface area contributed by atoms with Gasteiger partial charge in [-0.05, 0) is 31.4 Å². The standard InChI is InChI=1S/C16H22N6O/c23-15(5-1-7-17-16-18-8-3-9-19-16)22-11-2-4-13(12-22)14-6-10-20-21-14/h3,6,8-10,13H,1-2,4-5,7,11-12H2,(H,20,21)(H,17,18,19). The third kappa shape index (κ3) is 4.28. The number of hydrogen-bond donors (Lipinski definition) is 2. The molecule has 2 aromatic rings. The van der Waals surface area contributed by atoms with Crippen LogP contribution in [0.5, 0.6) is 0 Å². The van der Waals surface area contributed by atoms with Crippen LogP contribution in [-0.2, 0) is 4.79 Å². The number of aromatic nitrogens is 4. The molecule has 1 atom stereocenters. The normalized spacial score (nSPS) is 17.9. The first-order chi connectivity index (χ1) is 11.3. The van der Waals surface area contributed by atoms with Crippen LogP contribution in [0, 0.1) is 0 Å². The van der Waals surface area contributed by atoms with E-state index in [1.807, 2.05) is 11.0 Å². The summed E-state index contributed by atoms with van der Waals surface area (Å²) in [4.78, 5) is 22.5. The molecule has 1 fully saturated rings. The fourth-order valence-corrected chi connectivity index (χ4v) is 2.94. The average molecular weight is 314 g/mol. The van der Waals surface area contributed by atoms with Crippen molar-refractivity contribution in [3.8, 4) is 0 Å². The fraction of sp³-hybridized carbons (Fsp3) is 0.500. The highest BCUT2D eigenvalue weighted by molar-refractivity contribution is 5.76. The lowest BCUT2D eigenvalue weighted by atomic mass is 9.94. The molecule has 0 saturated carbocycles. The molecule has 7 nitrogen and oxygen atoms in total. The molecule has 2 N–H and O–H groups in total. The van der Waals surface area contributed by atoms with Crippen LogP contribution < -0.4 is 5.32 Å². The third-order valence-electron chi connectivity index (χ3n) is 4.15. The average Bonchev–Trinajstić information content (AvgIpc) is 3.14. The van der Waals surface area contributed by atoms with Crippen molar-refractivity contribution in [1.82, 2.24) is 25.1 Å². The fourth-order valence-electron chi connectivity index (χ4n) is 2.94. The monoisotopic (exact) mass is 314 g/mol. The summed E-state index contributed by atoms with van der Waals surface area (Å²) in [5, 5.41) is 10.2. The number of carbonyl (C=O) groups is 1. The van der Waals surface area contributed by atoms with Crippen LogP contribution >= 0.6 is 0 Å². The number of H-pyrrole nitrogens is 1. The molecule has 23 heavy (non-hydrogen) atoms. The largest absolute Gasteiger partial charge is 0.354 e. The Morgan fingerprint density at radius 2 is 2.22 bits per heavy atom. The number of amides is 1. The zero-order chi connectivity index (χ0) is 15.9. The molecule has 1 aliphatic rings. The van der Waals surface area contributed by atoms with Gasteiger partial charge < -0.3 is 10.2 Å². The van der Waals surface area contributed by atoms with E-state index in [0.29, 0.717) is 24.8 Å². The van der Waals surface area contributed by atoms with E-state index in [2.05, 4.69) is 25.5 Å². The van der Waals surface area contributed by atoms with E-state index in [1.165, 1.54) is 0 Å². The Morgan fingerprint density at radius 3 is 3.00 bits per heavy atom. The molecular weight excluding hydrogens is 292 g/mol. The number of nitrogens with one attached hydrogen (secondary N) is 2. The maximum Gasteiger partial charge on any atom is 0.222 e. The van der Waals surface area contributed by atoms with E-state index >= 15 is 0 Å². The van der Waals surface area contributed by atoms with Crippen molar-refractivity contribution in [1.29, 1.82) is 0 Å². The Kier molecular flexibility index (Phi) is 5.18. The lowest BCUT2D eigenvalue weighted by molar-refractivity contribution is -0.132. The molecule has 1 amide bonds. The summed E-state index contributed by atoms with van der Waals surface area (Å²) in [6.07, 6.45) is 8.66. The number of rotatable bonds is 6. The lowest BCUT2D eigenvalue weighted by Gasteiger charge is -2.32. The zero-order valence-electron chi connectivity index (χ0n) is 13.1. The van der Waals surface area contributed by atoms with E-state index in [4.69, 9.17) is 0 Å². The molecule has 0 aromatic carbocycles. The Hall–Kier alpha value is -2.44. The highest BCUT2D eigenvalue weighted by atomic mass is 16.2. The summed E-state index contributed by atoms with van der Waals surface area (Å²) < 4.78 is 0. The highest BCUT2D eigenvalue weighted by Gasteiger charge is 2.25. The van der Waals surface area contributed by atoms with Crippen LogP contribution in [0.4, 0.5) is 5.95 Å². The van der Waals surface area contributed by atoms with Gasteiger partial charge in [0.25, 0.3) is 0 Å². The minimum Gasteiger partial charge on any atom is -0.354 e. The summed E-state index contributed by atoms with van der Waals surface area (Å²) in [6.45, 7) is 2.35. The van der Waals surface area contributed by atoms with Crippen molar-refractivity contribution in [2.75, 3.05) is 25.0 Å². The maximum absolute atomic E-state index is 12.4. The molecule has 3 heterocycles. The number of piperidine rings is 1. The predicted octanol–water partition coefficient (Wildman–Crippen LogP) is 1.80. The van der Waals surface area contributed by atoms with Gasteiger partial charge >= 0.3 is 0 Å². The molecule has 0 bridgehead atoms.